The monoisotopic (exact) mass is 297 g/mol. The average Bonchev–Trinajstić information content (AvgIpc) is 2.85. The molecule has 2 saturated carbocycles. The van der Waals surface area contributed by atoms with Gasteiger partial charge in [0.2, 0.25) is 0 Å². The largest absolute Gasteiger partial charge is 0.381 e. The van der Waals surface area contributed by atoms with Gasteiger partial charge in [-0.1, -0.05) is 36.0 Å². The molecule has 0 saturated heterocycles. The maximum Gasteiger partial charge on any atom is 0.0638 e. The van der Waals surface area contributed by atoms with Gasteiger partial charge in [-0.15, -0.1) is 0 Å². The first-order valence-corrected chi connectivity index (χ1v) is 8.14. The van der Waals surface area contributed by atoms with E-state index in [9.17, 15) is 0 Å². The minimum Gasteiger partial charge on any atom is -0.381 e. The van der Waals surface area contributed by atoms with Crippen LogP contribution in [0.2, 0.25) is 10.0 Å². The molecule has 2 aliphatic carbocycles. The third-order valence-electron chi connectivity index (χ3n) is 5.00. The van der Waals surface area contributed by atoms with E-state index < -0.39 is 0 Å². The second-order valence-electron chi connectivity index (χ2n) is 6.25. The van der Waals surface area contributed by atoms with Gasteiger partial charge in [0.25, 0.3) is 0 Å². The summed E-state index contributed by atoms with van der Waals surface area (Å²) in [5.41, 5.74) is 1.68. The molecular weight excluding hydrogens is 277 g/mol. The van der Waals surface area contributed by atoms with E-state index in [0.29, 0.717) is 11.5 Å². The number of hydrogen-bond donors (Lipinski definition) is 1. The molecule has 2 aliphatic rings. The first-order chi connectivity index (χ1) is 9.17. The molecule has 3 heteroatoms. The quantitative estimate of drug-likeness (QED) is 0.715. The zero-order valence-electron chi connectivity index (χ0n) is 11.2. The number of rotatable bonds is 2. The van der Waals surface area contributed by atoms with E-state index in [0.717, 1.165) is 15.7 Å². The summed E-state index contributed by atoms with van der Waals surface area (Å²) in [5.74, 6) is 0. The van der Waals surface area contributed by atoms with Gasteiger partial charge in [-0.05, 0) is 62.1 Å². The summed E-state index contributed by atoms with van der Waals surface area (Å²) in [4.78, 5) is 0. The van der Waals surface area contributed by atoms with Crippen LogP contribution in [0.5, 0.6) is 0 Å². The fourth-order valence-electron chi connectivity index (χ4n) is 3.83. The molecule has 0 radical (unpaired) electrons. The van der Waals surface area contributed by atoms with Crippen LogP contribution in [0.15, 0.2) is 18.2 Å². The van der Waals surface area contributed by atoms with E-state index in [-0.39, 0.29) is 0 Å². The van der Waals surface area contributed by atoms with Crippen LogP contribution in [-0.2, 0) is 0 Å². The Kier molecular flexibility index (Phi) is 3.96. The third-order valence-corrected chi connectivity index (χ3v) is 5.56. The van der Waals surface area contributed by atoms with Crippen molar-refractivity contribution in [2.75, 3.05) is 5.32 Å². The SMILES string of the molecule is Clc1ccc(Cl)c(NC2CCC3(CCCC3)CC2)c1. The van der Waals surface area contributed by atoms with Gasteiger partial charge < -0.3 is 5.32 Å². The Balaban J connectivity index is 1.61. The van der Waals surface area contributed by atoms with Crippen LogP contribution in [0.3, 0.4) is 0 Å². The standard InChI is InChI=1S/C16H21Cl2N/c17-12-3-4-14(18)15(11-12)19-13-5-9-16(10-6-13)7-1-2-8-16/h3-4,11,13,19H,1-2,5-10H2. The molecule has 0 heterocycles. The normalized spacial score (nSPS) is 22.8. The van der Waals surface area contributed by atoms with Crippen LogP contribution < -0.4 is 5.32 Å². The van der Waals surface area contributed by atoms with Crippen LogP contribution in [0.4, 0.5) is 5.69 Å². The number of halogens is 2. The van der Waals surface area contributed by atoms with Crippen molar-refractivity contribution in [1.29, 1.82) is 0 Å². The summed E-state index contributed by atoms with van der Waals surface area (Å²) in [6.07, 6.45) is 11.1. The summed E-state index contributed by atoms with van der Waals surface area (Å²) in [6, 6.07) is 6.20. The van der Waals surface area contributed by atoms with Crippen molar-refractivity contribution in [3.63, 3.8) is 0 Å². The summed E-state index contributed by atoms with van der Waals surface area (Å²) in [6.45, 7) is 0. The zero-order chi connectivity index (χ0) is 13.3. The molecular formula is C16H21Cl2N. The molecule has 1 spiro atoms. The van der Waals surface area contributed by atoms with Gasteiger partial charge in [0, 0.05) is 11.1 Å². The van der Waals surface area contributed by atoms with E-state index >= 15 is 0 Å². The van der Waals surface area contributed by atoms with Crippen molar-refractivity contribution in [2.24, 2.45) is 5.41 Å². The Hall–Kier alpha value is -0.400. The molecule has 19 heavy (non-hydrogen) atoms. The predicted molar refractivity (Wildman–Crippen MR) is 83.2 cm³/mol. The van der Waals surface area contributed by atoms with E-state index in [2.05, 4.69) is 5.32 Å². The first-order valence-electron chi connectivity index (χ1n) is 7.39. The highest BCUT2D eigenvalue weighted by Gasteiger charge is 2.37. The Morgan fingerprint density at radius 1 is 1.00 bits per heavy atom. The Labute approximate surface area is 125 Å². The minimum atomic E-state index is 0.558. The highest BCUT2D eigenvalue weighted by molar-refractivity contribution is 6.35. The highest BCUT2D eigenvalue weighted by atomic mass is 35.5. The van der Waals surface area contributed by atoms with Gasteiger partial charge in [-0.3, -0.25) is 0 Å². The van der Waals surface area contributed by atoms with Crippen LogP contribution >= 0.6 is 23.2 Å². The van der Waals surface area contributed by atoms with E-state index in [4.69, 9.17) is 23.2 Å². The molecule has 104 valence electrons. The summed E-state index contributed by atoms with van der Waals surface area (Å²) in [5, 5.41) is 5.09. The first kappa shape index (κ1) is 13.6. The Morgan fingerprint density at radius 3 is 2.37 bits per heavy atom. The lowest BCUT2D eigenvalue weighted by Crippen LogP contribution is -2.31. The molecule has 3 rings (SSSR count). The predicted octanol–water partition coefficient (Wildman–Crippen LogP) is 5.91. The number of anilines is 1. The van der Waals surface area contributed by atoms with Gasteiger partial charge in [0.05, 0.1) is 10.7 Å². The van der Waals surface area contributed by atoms with Gasteiger partial charge in [0.1, 0.15) is 0 Å². The maximum atomic E-state index is 6.21. The second-order valence-corrected chi connectivity index (χ2v) is 7.09. The van der Waals surface area contributed by atoms with Crippen LogP contribution in [0.1, 0.15) is 51.4 Å². The zero-order valence-corrected chi connectivity index (χ0v) is 12.7. The maximum absolute atomic E-state index is 6.21. The van der Waals surface area contributed by atoms with Gasteiger partial charge >= 0.3 is 0 Å². The lowest BCUT2D eigenvalue weighted by Gasteiger charge is -2.38. The number of hydrogen-bond acceptors (Lipinski definition) is 1. The molecule has 0 aromatic heterocycles. The Bertz CT molecular complexity index is 442. The van der Waals surface area contributed by atoms with E-state index in [1.165, 1.54) is 51.4 Å². The molecule has 1 nitrogen and oxygen atoms in total. The van der Waals surface area contributed by atoms with Gasteiger partial charge in [-0.25, -0.2) is 0 Å². The Morgan fingerprint density at radius 2 is 1.68 bits per heavy atom. The van der Waals surface area contributed by atoms with Crippen LogP contribution in [0.25, 0.3) is 0 Å². The summed E-state index contributed by atoms with van der Waals surface area (Å²) >= 11 is 12.2. The fraction of sp³-hybridized carbons (Fsp3) is 0.625. The molecule has 1 aromatic rings. The van der Waals surface area contributed by atoms with Gasteiger partial charge in [0.15, 0.2) is 0 Å². The van der Waals surface area contributed by atoms with Crippen molar-refractivity contribution < 1.29 is 0 Å². The van der Waals surface area contributed by atoms with Crippen LogP contribution in [-0.4, -0.2) is 6.04 Å². The molecule has 0 amide bonds. The van der Waals surface area contributed by atoms with Crippen molar-refractivity contribution >= 4 is 28.9 Å². The number of nitrogens with one attached hydrogen (secondary N) is 1. The van der Waals surface area contributed by atoms with Crippen molar-refractivity contribution in [3.8, 4) is 0 Å². The highest BCUT2D eigenvalue weighted by Crippen LogP contribution is 2.49. The third kappa shape index (κ3) is 3.03. The average molecular weight is 298 g/mol. The molecule has 1 aromatic carbocycles. The van der Waals surface area contributed by atoms with E-state index in [1.54, 1.807) is 0 Å². The van der Waals surface area contributed by atoms with Crippen molar-refractivity contribution in [3.05, 3.63) is 28.2 Å². The topological polar surface area (TPSA) is 12.0 Å². The lowest BCUT2D eigenvalue weighted by molar-refractivity contribution is 0.188. The molecule has 0 aliphatic heterocycles. The molecule has 0 atom stereocenters. The molecule has 2 fully saturated rings. The van der Waals surface area contributed by atoms with Crippen LogP contribution in [0, 0.1) is 5.41 Å². The number of benzene rings is 1. The smallest absolute Gasteiger partial charge is 0.0638 e. The minimum absolute atomic E-state index is 0.558. The summed E-state index contributed by atoms with van der Waals surface area (Å²) in [7, 11) is 0. The second kappa shape index (κ2) is 5.54. The van der Waals surface area contributed by atoms with Gasteiger partial charge in [-0.2, -0.15) is 0 Å². The van der Waals surface area contributed by atoms with Crippen molar-refractivity contribution in [1.82, 2.24) is 0 Å². The molecule has 0 bridgehead atoms. The van der Waals surface area contributed by atoms with Crippen molar-refractivity contribution in [2.45, 2.75) is 57.4 Å². The summed E-state index contributed by atoms with van der Waals surface area (Å²) < 4.78 is 0. The fourth-order valence-corrected chi connectivity index (χ4v) is 4.17. The molecule has 1 N–H and O–H groups in total. The van der Waals surface area contributed by atoms with E-state index in [1.807, 2.05) is 18.2 Å². The molecule has 0 unspecified atom stereocenters. The lowest BCUT2D eigenvalue weighted by atomic mass is 9.71.